The largest absolute Gasteiger partial charge is 0.368 e. The molecule has 5 rings (SSSR count). The lowest BCUT2D eigenvalue weighted by atomic mass is 9.97. The molecule has 0 aliphatic carbocycles. The van der Waals surface area contributed by atoms with Gasteiger partial charge in [-0.15, -0.1) is 0 Å². The lowest BCUT2D eigenvalue weighted by Gasteiger charge is -2.38. The van der Waals surface area contributed by atoms with E-state index in [1.807, 2.05) is 12.1 Å². The highest BCUT2D eigenvalue weighted by Gasteiger charge is 2.40. The Balaban J connectivity index is 1.25. The van der Waals surface area contributed by atoms with Gasteiger partial charge in [0, 0.05) is 56.8 Å². The number of carbonyl (C=O) groups is 3. The van der Waals surface area contributed by atoms with Crippen LogP contribution in [0.1, 0.15) is 41.6 Å². The number of amides is 3. The first kappa shape index (κ1) is 21.7. The molecule has 172 valence electrons. The molecule has 2 N–H and O–H groups in total. The fraction of sp³-hybridized carbons (Fsp3) is 0.609. The summed E-state index contributed by atoms with van der Waals surface area (Å²) in [5, 5.41) is 6.38. The van der Waals surface area contributed by atoms with Crippen molar-refractivity contribution in [2.24, 2.45) is 5.92 Å². The number of piperidine rings is 2. The van der Waals surface area contributed by atoms with Crippen molar-refractivity contribution < 1.29 is 14.4 Å². The van der Waals surface area contributed by atoms with Crippen LogP contribution in [-0.4, -0.2) is 79.4 Å². The van der Waals surface area contributed by atoms with Crippen molar-refractivity contribution in [3.63, 3.8) is 0 Å². The maximum absolute atomic E-state index is 13.0. The first-order valence-corrected chi connectivity index (χ1v) is 12.0. The van der Waals surface area contributed by atoms with Crippen molar-refractivity contribution in [3.05, 3.63) is 28.3 Å². The average molecular weight is 460 g/mol. The Morgan fingerprint density at radius 3 is 2.47 bits per heavy atom. The summed E-state index contributed by atoms with van der Waals surface area (Å²) in [6.45, 7) is 7.58. The molecular weight excluding hydrogens is 430 g/mol. The second kappa shape index (κ2) is 9.00. The molecule has 0 spiro atoms. The van der Waals surface area contributed by atoms with Crippen molar-refractivity contribution in [2.75, 3.05) is 50.7 Å². The van der Waals surface area contributed by atoms with Crippen LogP contribution in [0.4, 0.5) is 5.69 Å². The van der Waals surface area contributed by atoms with Crippen LogP contribution in [0, 0.1) is 5.92 Å². The summed E-state index contributed by atoms with van der Waals surface area (Å²) in [5.41, 5.74) is 2.31. The quantitative estimate of drug-likeness (QED) is 0.659. The fourth-order valence-electron chi connectivity index (χ4n) is 5.44. The predicted molar refractivity (Wildman–Crippen MR) is 122 cm³/mol. The molecule has 0 bridgehead atoms. The standard InChI is InChI=1S/C23H30ClN5O3/c24-21-17-14-29(19-3-4-20(30)26-22(19)31)23(32)16(17)1-2-18(21)28-11-9-27(10-12-28)13-15-5-7-25-8-6-15/h1-2,15,19,25H,3-14H2,(H,26,30,31). The first-order valence-electron chi connectivity index (χ1n) is 11.7. The number of imide groups is 1. The number of carbonyl (C=O) groups excluding carboxylic acids is 3. The fourth-order valence-corrected chi connectivity index (χ4v) is 5.78. The van der Waals surface area contributed by atoms with E-state index in [2.05, 4.69) is 20.4 Å². The van der Waals surface area contributed by atoms with Crippen LogP contribution in [0.15, 0.2) is 12.1 Å². The molecule has 4 heterocycles. The first-order chi connectivity index (χ1) is 15.5. The molecule has 3 amide bonds. The minimum Gasteiger partial charge on any atom is -0.368 e. The zero-order chi connectivity index (χ0) is 22.2. The normalized spacial score (nSPS) is 25.3. The molecule has 8 nitrogen and oxygen atoms in total. The summed E-state index contributed by atoms with van der Waals surface area (Å²) in [6, 6.07) is 3.16. The third-order valence-electron chi connectivity index (χ3n) is 7.32. The zero-order valence-corrected chi connectivity index (χ0v) is 19.0. The maximum Gasteiger partial charge on any atom is 0.255 e. The van der Waals surface area contributed by atoms with E-state index in [4.69, 9.17) is 11.6 Å². The number of fused-ring (bicyclic) bond motifs is 1. The molecule has 32 heavy (non-hydrogen) atoms. The molecule has 3 saturated heterocycles. The van der Waals surface area contributed by atoms with Crippen molar-refractivity contribution in [2.45, 2.75) is 38.3 Å². The number of rotatable bonds is 4. The van der Waals surface area contributed by atoms with Gasteiger partial charge in [-0.05, 0) is 50.4 Å². The number of halogens is 1. The highest BCUT2D eigenvalue weighted by molar-refractivity contribution is 6.35. The number of hydrogen-bond acceptors (Lipinski definition) is 6. The molecule has 1 atom stereocenters. The number of piperazine rings is 1. The molecule has 9 heteroatoms. The Morgan fingerprint density at radius 2 is 1.75 bits per heavy atom. The van der Waals surface area contributed by atoms with E-state index >= 15 is 0 Å². The van der Waals surface area contributed by atoms with Crippen LogP contribution in [-0.2, 0) is 16.1 Å². The molecule has 1 aromatic rings. The lowest BCUT2D eigenvalue weighted by Crippen LogP contribution is -2.52. The van der Waals surface area contributed by atoms with Crippen LogP contribution < -0.4 is 15.5 Å². The summed E-state index contributed by atoms with van der Waals surface area (Å²) in [4.78, 5) is 43.2. The molecular formula is C23H30ClN5O3. The van der Waals surface area contributed by atoms with Gasteiger partial charge in [-0.3, -0.25) is 24.6 Å². The van der Waals surface area contributed by atoms with E-state index in [0.29, 0.717) is 23.6 Å². The SMILES string of the molecule is O=C1CCC(N2Cc3c(ccc(N4CCN(CC5CCNCC5)CC4)c3Cl)C2=O)C(=O)N1. The van der Waals surface area contributed by atoms with Crippen LogP contribution in [0.25, 0.3) is 0 Å². The zero-order valence-electron chi connectivity index (χ0n) is 18.2. The second-order valence-corrected chi connectivity index (χ2v) is 9.68. The van der Waals surface area contributed by atoms with E-state index < -0.39 is 11.9 Å². The van der Waals surface area contributed by atoms with Crippen molar-refractivity contribution >= 4 is 35.0 Å². The van der Waals surface area contributed by atoms with E-state index in [-0.39, 0.29) is 18.2 Å². The van der Waals surface area contributed by atoms with Crippen molar-refractivity contribution in [1.29, 1.82) is 0 Å². The van der Waals surface area contributed by atoms with Crippen LogP contribution in [0.3, 0.4) is 0 Å². The second-order valence-electron chi connectivity index (χ2n) is 9.31. The van der Waals surface area contributed by atoms with Gasteiger partial charge in [-0.1, -0.05) is 11.6 Å². The predicted octanol–water partition coefficient (Wildman–Crippen LogP) is 1.22. The van der Waals surface area contributed by atoms with Gasteiger partial charge in [-0.25, -0.2) is 0 Å². The number of anilines is 1. The van der Waals surface area contributed by atoms with Gasteiger partial charge >= 0.3 is 0 Å². The summed E-state index contributed by atoms with van der Waals surface area (Å²) < 4.78 is 0. The highest BCUT2D eigenvalue weighted by Crippen LogP contribution is 2.38. The average Bonchev–Trinajstić information content (AvgIpc) is 3.13. The molecule has 0 radical (unpaired) electrons. The minimum absolute atomic E-state index is 0.185. The monoisotopic (exact) mass is 459 g/mol. The van der Waals surface area contributed by atoms with Gasteiger partial charge in [0.05, 0.1) is 10.7 Å². The Bertz CT molecular complexity index is 924. The molecule has 1 unspecified atom stereocenters. The molecule has 0 aromatic heterocycles. The topological polar surface area (TPSA) is 85.0 Å². The van der Waals surface area contributed by atoms with Gasteiger partial charge < -0.3 is 15.1 Å². The molecule has 4 aliphatic heterocycles. The van der Waals surface area contributed by atoms with E-state index in [0.717, 1.165) is 56.4 Å². The number of benzene rings is 1. The van der Waals surface area contributed by atoms with Crippen LogP contribution in [0.2, 0.25) is 5.02 Å². The number of hydrogen-bond donors (Lipinski definition) is 2. The summed E-state index contributed by atoms with van der Waals surface area (Å²) in [7, 11) is 0. The smallest absolute Gasteiger partial charge is 0.255 e. The Labute approximate surface area is 193 Å². The van der Waals surface area contributed by atoms with Crippen LogP contribution >= 0.6 is 11.6 Å². The molecule has 0 saturated carbocycles. The third-order valence-corrected chi connectivity index (χ3v) is 7.74. The van der Waals surface area contributed by atoms with E-state index in [1.54, 1.807) is 4.90 Å². The molecule has 3 fully saturated rings. The van der Waals surface area contributed by atoms with Gasteiger partial charge in [0.2, 0.25) is 11.8 Å². The van der Waals surface area contributed by atoms with Gasteiger partial charge in [-0.2, -0.15) is 0 Å². The van der Waals surface area contributed by atoms with E-state index in [9.17, 15) is 14.4 Å². The molecule has 4 aliphatic rings. The van der Waals surface area contributed by atoms with Crippen molar-refractivity contribution in [1.82, 2.24) is 20.4 Å². The summed E-state index contributed by atoms with van der Waals surface area (Å²) in [6.07, 6.45) is 3.12. The van der Waals surface area contributed by atoms with Crippen LogP contribution in [0.5, 0.6) is 0 Å². The lowest BCUT2D eigenvalue weighted by molar-refractivity contribution is -0.136. The van der Waals surface area contributed by atoms with E-state index in [1.165, 1.54) is 19.4 Å². The Kier molecular flexibility index (Phi) is 6.09. The highest BCUT2D eigenvalue weighted by atomic mass is 35.5. The number of nitrogens with zero attached hydrogens (tertiary/aromatic N) is 3. The Morgan fingerprint density at radius 1 is 1.00 bits per heavy atom. The van der Waals surface area contributed by atoms with Gasteiger partial charge in [0.15, 0.2) is 0 Å². The summed E-state index contributed by atoms with van der Waals surface area (Å²) in [5.74, 6) is -0.0796. The Hall–Kier alpha value is -2.16. The van der Waals surface area contributed by atoms with Crippen molar-refractivity contribution in [3.8, 4) is 0 Å². The van der Waals surface area contributed by atoms with Gasteiger partial charge in [0.1, 0.15) is 6.04 Å². The minimum atomic E-state index is -0.620. The number of nitrogens with one attached hydrogen (secondary N) is 2. The maximum atomic E-state index is 13.0. The summed E-state index contributed by atoms with van der Waals surface area (Å²) >= 11 is 6.81. The third kappa shape index (κ3) is 4.11. The van der Waals surface area contributed by atoms with Gasteiger partial charge in [0.25, 0.3) is 5.91 Å². The molecule has 1 aromatic carbocycles.